The number of halogens is 2. The molecule has 3 unspecified atom stereocenters. The second kappa shape index (κ2) is 11.4. The predicted octanol–water partition coefficient (Wildman–Crippen LogP) is 3.92. The third-order valence-corrected chi connectivity index (χ3v) is 5.88. The van der Waals surface area contributed by atoms with Crippen LogP contribution in [0.25, 0.3) is 10.4 Å². The summed E-state index contributed by atoms with van der Waals surface area (Å²) in [6, 6.07) is 3.63. The van der Waals surface area contributed by atoms with Gasteiger partial charge >= 0.3 is 17.9 Å². The van der Waals surface area contributed by atoms with Gasteiger partial charge in [-0.2, -0.15) is 0 Å². The van der Waals surface area contributed by atoms with Gasteiger partial charge in [-0.15, -0.1) is 0 Å². The zero-order valence-electron chi connectivity index (χ0n) is 16.7. The fourth-order valence-electron chi connectivity index (χ4n) is 2.86. The first kappa shape index (κ1) is 25.1. The van der Waals surface area contributed by atoms with Crippen molar-refractivity contribution in [3.63, 3.8) is 0 Å². The van der Waals surface area contributed by atoms with Crippen LogP contribution in [0.1, 0.15) is 20.8 Å². The Labute approximate surface area is 192 Å². The number of nitrogens with zero attached hydrogens (tertiary/aromatic N) is 3. The topological polar surface area (TPSA) is 137 Å². The van der Waals surface area contributed by atoms with Gasteiger partial charge < -0.3 is 18.9 Å². The Bertz CT molecular complexity index is 897. The number of carbonyl (C=O) groups is 3. The number of carbonyl (C=O) groups excluding carboxylic acids is 3. The summed E-state index contributed by atoms with van der Waals surface area (Å²) in [5, 5.41) is 4.44. The molecule has 168 valence electrons. The Balaban J connectivity index is 2.46. The van der Waals surface area contributed by atoms with Crippen LogP contribution < -0.4 is 0 Å². The largest absolute Gasteiger partial charge is 0.463 e. The molecule has 1 heterocycles. The first-order chi connectivity index (χ1) is 14.6. The molecule has 10 nitrogen and oxygen atoms in total. The molecule has 0 aliphatic carbocycles. The number of hydrogen-bond acceptors (Lipinski definition) is 9. The van der Waals surface area contributed by atoms with E-state index < -0.39 is 47.7 Å². The Morgan fingerprint density at radius 2 is 1.77 bits per heavy atom. The third kappa shape index (κ3) is 7.19. The molecule has 1 aromatic rings. The molecular weight excluding hydrogens is 473 g/mol. The molecule has 31 heavy (non-hydrogen) atoms. The molecule has 0 bridgehead atoms. The highest BCUT2D eigenvalue weighted by Gasteiger charge is 2.50. The zero-order chi connectivity index (χ0) is 23.1. The number of rotatable bonds is 7. The second-order valence-corrected chi connectivity index (χ2v) is 8.37. The molecule has 0 amide bonds. The van der Waals surface area contributed by atoms with Crippen molar-refractivity contribution >= 4 is 52.9 Å². The number of benzene rings is 1. The molecule has 1 aliphatic heterocycles. The summed E-state index contributed by atoms with van der Waals surface area (Å²) < 4.78 is 21.7. The zero-order valence-corrected chi connectivity index (χ0v) is 19.0. The van der Waals surface area contributed by atoms with Crippen LogP contribution in [-0.4, -0.2) is 54.3 Å². The summed E-state index contributed by atoms with van der Waals surface area (Å²) in [5.41, 5.74) is 8.15. The van der Waals surface area contributed by atoms with Gasteiger partial charge in [-0.3, -0.25) is 14.4 Å². The van der Waals surface area contributed by atoms with Crippen molar-refractivity contribution < 1.29 is 33.3 Å². The summed E-state index contributed by atoms with van der Waals surface area (Å²) in [6.07, 6.45) is -3.31. The van der Waals surface area contributed by atoms with Gasteiger partial charge in [0.05, 0.1) is 5.02 Å². The van der Waals surface area contributed by atoms with E-state index in [9.17, 15) is 14.4 Å². The molecule has 0 radical (unpaired) electrons. The fraction of sp³-hybridized carbons (Fsp3) is 0.500. The van der Waals surface area contributed by atoms with Gasteiger partial charge in [0.25, 0.3) is 0 Å². The van der Waals surface area contributed by atoms with E-state index in [4.69, 9.17) is 47.7 Å². The van der Waals surface area contributed by atoms with Crippen LogP contribution in [0.3, 0.4) is 0 Å². The Morgan fingerprint density at radius 3 is 2.32 bits per heavy atom. The minimum absolute atomic E-state index is 0.289. The minimum Gasteiger partial charge on any atom is -0.463 e. The normalized spacial score (nSPS) is 25.1. The average Bonchev–Trinajstić information content (AvgIpc) is 2.66. The Kier molecular flexibility index (Phi) is 9.27. The van der Waals surface area contributed by atoms with E-state index in [-0.39, 0.29) is 6.61 Å². The van der Waals surface area contributed by atoms with E-state index in [1.54, 1.807) is 12.1 Å². The second-order valence-electron chi connectivity index (χ2n) is 6.38. The highest BCUT2D eigenvalue weighted by molar-refractivity contribution is 8.00. The number of esters is 3. The van der Waals surface area contributed by atoms with Crippen LogP contribution in [-0.2, 0) is 33.3 Å². The van der Waals surface area contributed by atoms with E-state index in [1.165, 1.54) is 19.9 Å². The highest BCUT2D eigenvalue weighted by atomic mass is 35.5. The van der Waals surface area contributed by atoms with Crippen molar-refractivity contribution in [2.75, 3.05) is 6.61 Å². The van der Waals surface area contributed by atoms with Gasteiger partial charge in [0.2, 0.25) is 0 Å². The first-order valence-electron chi connectivity index (χ1n) is 8.91. The number of hydrogen-bond donors (Lipinski definition) is 0. The van der Waals surface area contributed by atoms with Gasteiger partial charge in [-0.25, -0.2) is 0 Å². The molecular formula is C18H19Cl2N3O7S. The summed E-state index contributed by atoms with van der Waals surface area (Å²) in [7, 11) is 0. The maximum absolute atomic E-state index is 11.8. The van der Waals surface area contributed by atoms with E-state index in [2.05, 4.69) is 10.0 Å². The lowest BCUT2D eigenvalue weighted by molar-refractivity contribution is -0.201. The maximum Gasteiger partial charge on any atom is 0.303 e. The average molecular weight is 492 g/mol. The molecule has 0 spiro atoms. The van der Waals surface area contributed by atoms with Crippen LogP contribution in [0.15, 0.2) is 28.2 Å². The molecule has 1 saturated heterocycles. The van der Waals surface area contributed by atoms with Crippen molar-refractivity contribution in [3.8, 4) is 0 Å². The predicted molar refractivity (Wildman–Crippen MR) is 112 cm³/mol. The van der Waals surface area contributed by atoms with Gasteiger partial charge in [0, 0.05) is 35.6 Å². The van der Waals surface area contributed by atoms with Crippen LogP contribution in [0.2, 0.25) is 10.0 Å². The lowest BCUT2D eigenvalue weighted by Crippen LogP contribution is -2.59. The maximum atomic E-state index is 11.8. The molecule has 0 aromatic heterocycles. The van der Waals surface area contributed by atoms with Crippen molar-refractivity contribution in [1.29, 1.82) is 0 Å². The summed E-state index contributed by atoms with van der Waals surface area (Å²) in [4.78, 5) is 38.1. The van der Waals surface area contributed by atoms with Crippen LogP contribution in [0.5, 0.6) is 0 Å². The summed E-state index contributed by atoms with van der Waals surface area (Å²) in [5.74, 6) is -1.94. The SMILES string of the molecule is CC(=O)OCC1O[C@H](Sc2ccc(Cl)cc2Cl)C(OC(C)=O)C(N=[N+]=[N-])[C@H]1OC(C)=O. The molecule has 1 fully saturated rings. The van der Waals surface area contributed by atoms with Gasteiger partial charge in [-0.05, 0) is 23.7 Å². The lowest BCUT2D eigenvalue weighted by atomic mass is 9.97. The smallest absolute Gasteiger partial charge is 0.303 e. The monoisotopic (exact) mass is 491 g/mol. The minimum atomic E-state index is -1.17. The quantitative estimate of drug-likeness (QED) is 0.184. The van der Waals surface area contributed by atoms with E-state index in [1.807, 2.05) is 0 Å². The number of azide groups is 1. The van der Waals surface area contributed by atoms with Gasteiger partial charge in [0.15, 0.2) is 0 Å². The Morgan fingerprint density at radius 1 is 1.13 bits per heavy atom. The van der Waals surface area contributed by atoms with Crippen LogP contribution in [0, 0.1) is 0 Å². The molecule has 13 heteroatoms. The molecule has 5 atom stereocenters. The number of ether oxygens (including phenoxy) is 4. The summed E-state index contributed by atoms with van der Waals surface area (Å²) in [6.45, 7) is 3.25. The molecule has 1 aliphatic rings. The van der Waals surface area contributed by atoms with Crippen molar-refractivity contribution in [2.24, 2.45) is 5.11 Å². The van der Waals surface area contributed by atoms with Crippen molar-refractivity contribution in [2.45, 2.75) is 55.5 Å². The van der Waals surface area contributed by atoms with Crippen LogP contribution >= 0.6 is 35.0 Å². The van der Waals surface area contributed by atoms with E-state index >= 15 is 0 Å². The first-order valence-corrected chi connectivity index (χ1v) is 10.5. The Hall–Kier alpha value is -2.17. The molecule has 2 rings (SSSR count). The fourth-order valence-corrected chi connectivity index (χ4v) is 4.52. The standard InChI is InChI=1S/C18H19Cl2N3O7S/c1-8(24)27-7-13-16(28-9(2)25)15(22-23-21)17(29-10(3)26)18(30-13)31-14-5-4-11(19)6-12(14)20/h4-6,13,15-18H,7H2,1-3H3/t13?,15?,16-,17?,18+/m0/s1. The van der Waals surface area contributed by atoms with Gasteiger partial charge in [-0.1, -0.05) is 40.1 Å². The molecule has 0 N–H and O–H groups in total. The lowest BCUT2D eigenvalue weighted by Gasteiger charge is -2.43. The van der Waals surface area contributed by atoms with Crippen molar-refractivity contribution in [3.05, 3.63) is 38.7 Å². The van der Waals surface area contributed by atoms with Crippen molar-refractivity contribution in [1.82, 2.24) is 0 Å². The third-order valence-electron chi connectivity index (χ3n) is 3.99. The van der Waals surface area contributed by atoms with Gasteiger partial charge in [0.1, 0.15) is 36.4 Å². The molecule has 1 aromatic carbocycles. The van der Waals surface area contributed by atoms with E-state index in [0.717, 1.165) is 18.7 Å². The number of thioether (sulfide) groups is 1. The summed E-state index contributed by atoms with van der Waals surface area (Å²) >= 11 is 13.3. The van der Waals surface area contributed by atoms with E-state index in [0.29, 0.717) is 14.9 Å². The van der Waals surface area contributed by atoms with Crippen LogP contribution in [0.4, 0.5) is 0 Å². The highest BCUT2D eigenvalue weighted by Crippen LogP contribution is 2.40. The molecule has 0 saturated carbocycles.